The van der Waals surface area contributed by atoms with Gasteiger partial charge in [0.15, 0.2) is 0 Å². The topological polar surface area (TPSA) is 59.8 Å². The third-order valence-corrected chi connectivity index (χ3v) is 2.17. The van der Waals surface area contributed by atoms with Crippen LogP contribution in [0.25, 0.3) is 5.69 Å². The summed E-state index contributed by atoms with van der Waals surface area (Å²) in [5.74, 6) is -0.578. The van der Waals surface area contributed by atoms with Crippen molar-refractivity contribution in [2.45, 2.75) is 6.43 Å². The lowest BCUT2D eigenvalue weighted by Crippen LogP contribution is -2.28. The lowest BCUT2D eigenvalue weighted by molar-refractivity contribution is 0.0891. The summed E-state index contributed by atoms with van der Waals surface area (Å²) >= 11 is 0. The van der Waals surface area contributed by atoms with Gasteiger partial charge < -0.3 is 5.32 Å². The van der Waals surface area contributed by atoms with Crippen LogP contribution >= 0.6 is 0 Å². The fraction of sp³-hybridized carbons (Fsp3) is 0.182. The molecule has 5 nitrogen and oxygen atoms in total. The van der Waals surface area contributed by atoms with Gasteiger partial charge in [0.1, 0.15) is 0 Å². The Morgan fingerprint density at radius 1 is 1.44 bits per heavy atom. The quantitative estimate of drug-likeness (QED) is 0.891. The largest absolute Gasteiger partial charge is 0.346 e. The molecule has 0 saturated heterocycles. The van der Waals surface area contributed by atoms with Crippen LogP contribution in [0.4, 0.5) is 8.78 Å². The minimum Gasteiger partial charge on any atom is -0.346 e. The molecule has 2 heterocycles. The molecule has 0 aliphatic rings. The normalized spacial score (nSPS) is 10.6. The van der Waals surface area contributed by atoms with Crippen molar-refractivity contribution >= 4 is 5.91 Å². The van der Waals surface area contributed by atoms with Crippen LogP contribution in [0.3, 0.4) is 0 Å². The van der Waals surface area contributed by atoms with Gasteiger partial charge in [-0.05, 0) is 12.1 Å². The van der Waals surface area contributed by atoms with Crippen LogP contribution in [0, 0.1) is 0 Å². The Morgan fingerprint density at radius 2 is 2.28 bits per heavy atom. The summed E-state index contributed by atoms with van der Waals surface area (Å²) in [6.45, 7) is -0.670. The van der Waals surface area contributed by atoms with E-state index in [9.17, 15) is 13.6 Å². The molecule has 0 bridgehead atoms. The van der Waals surface area contributed by atoms with Gasteiger partial charge in [-0.15, -0.1) is 0 Å². The maximum absolute atomic E-state index is 11.9. The van der Waals surface area contributed by atoms with Gasteiger partial charge in [0.05, 0.1) is 30.2 Å². The predicted molar refractivity (Wildman–Crippen MR) is 59.7 cm³/mol. The molecule has 18 heavy (non-hydrogen) atoms. The van der Waals surface area contributed by atoms with Crippen molar-refractivity contribution in [3.8, 4) is 5.69 Å². The molecule has 1 amide bonds. The molecular formula is C11H10F2N4O. The van der Waals surface area contributed by atoms with E-state index in [4.69, 9.17) is 0 Å². The molecule has 2 rings (SSSR count). The minimum absolute atomic E-state index is 0.222. The first kappa shape index (κ1) is 12.2. The van der Waals surface area contributed by atoms with E-state index in [0.717, 1.165) is 0 Å². The summed E-state index contributed by atoms with van der Waals surface area (Å²) in [5.41, 5.74) is 0.907. The minimum atomic E-state index is -2.57. The Labute approximate surface area is 101 Å². The second kappa shape index (κ2) is 5.35. The van der Waals surface area contributed by atoms with Crippen LogP contribution in [0.15, 0.2) is 36.9 Å². The molecule has 0 spiro atoms. The zero-order valence-electron chi connectivity index (χ0n) is 9.25. The lowest BCUT2D eigenvalue weighted by atomic mass is 10.3. The lowest BCUT2D eigenvalue weighted by Gasteiger charge is -2.01. The van der Waals surface area contributed by atoms with Crippen molar-refractivity contribution in [1.82, 2.24) is 20.1 Å². The average molecular weight is 252 g/mol. The Balaban J connectivity index is 2.09. The Morgan fingerprint density at radius 3 is 2.94 bits per heavy atom. The van der Waals surface area contributed by atoms with Gasteiger partial charge in [0.25, 0.3) is 12.3 Å². The predicted octanol–water partition coefficient (Wildman–Crippen LogP) is 1.26. The third-order valence-electron chi connectivity index (χ3n) is 2.17. The van der Waals surface area contributed by atoms with Crippen LogP contribution in [-0.4, -0.2) is 33.6 Å². The second-order valence-electron chi connectivity index (χ2n) is 3.49. The zero-order chi connectivity index (χ0) is 13.0. The van der Waals surface area contributed by atoms with E-state index in [-0.39, 0.29) is 5.56 Å². The smallest absolute Gasteiger partial charge is 0.255 e. The summed E-state index contributed by atoms with van der Waals surface area (Å²) in [6, 6.07) is 3.49. The molecule has 0 fully saturated rings. The molecule has 0 saturated carbocycles. The van der Waals surface area contributed by atoms with Crippen molar-refractivity contribution < 1.29 is 13.6 Å². The number of carbonyl (C=O) groups is 1. The van der Waals surface area contributed by atoms with Crippen molar-refractivity contribution in [2.75, 3.05) is 6.54 Å². The van der Waals surface area contributed by atoms with Crippen LogP contribution < -0.4 is 5.32 Å². The van der Waals surface area contributed by atoms with E-state index < -0.39 is 18.9 Å². The number of carbonyl (C=O) groups excluding carboxylic acids is 1. The van der Waals surface area contributed by atoms with Crippen molar-refractivity contribution in [3.05, 3.63) is 42.5 Å². The van der Waals surface area contributed by atoms with E-state index in [1.165, 1.54) is 17.1 Å². The number of nitrogens with zero attached hydrogens (tertiary/aromatic N) is 3. The molecular weight excluding hydrogens is 242 g/mol. The number of rotatable bonds is 4. The number of aromatic nitrogens is 3. The first-order valence-corrected chi connectivity index (χ1v) is 5.18. The van der Waals surface area contributed by atoms with Gasteiger partial charge in [-0.25, -0.2) is 13.5 Å². The van der Waals surface area contributed by atoms with Crippen LogP contribution in [-0.2, 0) is 0 Å². The van der Waals surface area contributed by atoms with Crippen molar-refractivity contribution in [3.63, 3.8) is 0 Å². The average Bonchev–Trinajstić information content (AvgIpc) is 2.86. The van der Waals surface area contributed by atoms with Gasteiger partial charge in [-0.3, -0.25) is 9.78 Å². The number of pyridine rings is 1. The molecule has 0 aromatic carbocycles. The molecule has 2 aromatic heterocycles. The van der Waals surface area contributed by atoms with Gasteiger partial charge in [0, 0.05) is 12.4 Å². The number of alkyl halides is 2. The molecule has 2 aromatic rings. The summed E-state index contributed by atoms with van der Waals surface area (Å²) in [5, 5.41) is 6.07. The number of hydrogen-bond donors (Lipinski definition) is 1. The van der Waals surface area contributed by atoms with Gasteiger partial charge in [-0.2, -0.15) is 5.10 Å². The van der Waals surface area contributed by atoms with E-state index in [0.29, 0.717) is 5.69 Å². The van der Waals surface area contributed by atoms with Gasteiger partial charge in [-0.1, -0.05) is 0 Å². The van der Waals surface area contributed by atoms with Crippen LogP contribution in [0.1, 0.15) is 10.4 Å². The Kier molecular flexibility index (Phi) is 3.61. The fourth-order valence-electron chi connectivity index (χ4n) is 1.34. The summed E-state index contributed by atoms with van der Waals surface area (Å²) in [4.78, 5) is 15.4. The fourth-order valence-corrected chi connectivity index (χ4v) is 1.34. The second-order valence-corrected chi connectivity index (χ2v) is 3.49. The Bertz CT molecular complexity index is 527. The third kappa shape index (κ3) is 2.88. The highest BCUT2D eigenvalue weighted by Crippen LogP contribution is 2.06. The van der Waals surface area contributed by atoms with E-state index in [1.807, 2.05) is 0 Å². The Hall–Kier alpha value is -2.31. The molecule has 0 radical (unpaired) electrons. The molecule has 0 aliphatic carbocycles. The maximum atomic E-state index is 11.9. The standard InChI is InChI=1S/C11H10F2N4O/c12-10(13)6-15-11(18)8-4-16-17(7-8)9-2-1-3-14-5-9/h1-5,7,10H,6H2,(H,15,18). The highest BCUT2D eigenvalue weighted by molar-refractivity contribution is 5.93. The number of halogens is 2. The van der Waals surface area contributed by atoms with Crippen molar-refractivity contribution in [2.24, 2.45) is 0 Å². The molecule has 0 aliphatic heterocycles. The molecule has 94 valence electrons. The first-order valence-electron chi connectivity index (χ1n) is 5.18. The maximum Gasteiger partial charge on any atom is 0.255 e. The van der Waals surface area contributed by atoms with Crippen molar-refractivity contribution in [1.29, 1.82) is 0 Å². The molecule has 1 N–H and O–H groups in total. The van der Waals surface area contributed by atoms with Crippen LogP contribution in [0.5, 0.6) is 0 Å². The molecule has 0 unspecified atom stereocenters. The summed E-state index contributed by atoms with van der Waals surface area (Å²) in [7, 11) is 0. The highest BCUT2D eigenvalue weighted by Gasteiger charge is 2.11. The monoisotopic (exact) mass is 252 g/mol. The number of hydrogen-bond acceptors (Lipinski definition) is 3. The van der Waals surface area contributed by atoms with E-state index >= 15 is 0 Å². The summed E-state index contributed by atoms with van der Waals surface area (Å²) < 4.78 is 25.3. The molecule has 0 atom stereocenters. The zero-order valence-corrected chi connectivity index (χ0v) is 9.25. The number of amides is 1. The van der Waals surface area contributed by atoms with Gasteiger partial charge >= 0.3 is 0 Å². The molecule has 7 heteroatoms. The SMILES string of the molecule is O=C(NCC(F)F)c1cnn(-c2cccnc2)c1. The van der Waals surface area contributed by atoms with E-state index in [2.05, 4.69) is 15.4 Å². The van der Waals surface area contributed by atoms with Crippen LogP contribution in [0.2, 0.25) is 0 Å². The van der Waals surface area contributed by atoms with Gasteiger partial charge in [0.2, 0.25) is 0 Å². The number of nitrogens with one attached hydrogen (secondary N) is 1. The first-order chi connectivity index (χ1) is 8.66. The van der Waals surface area contributed by atoms with E-state index in [1.54, 1.807) is 24.5 Å². The summed E-state index contributed by atoms with van der Waals surface area (Å²) in [6.07, 6.45) is 3.39. The highest BCUT2D eigenvalue weighted by atomic mass is 19.3.